The maximum absolute atomic E-state index is 6.09. The van der Waals surface area contributed by atoms with Crippen LogP contribution in [0.4, 0.5) is 5.82 Å². The molecule has 0 aliphatic heterocycles. The van der Waals surface area contributed by atoms with Gasteiger partial charge in [0.25, 0.3) is 0 Å². The molecule has 0 unspecified atom stereocenters. The molecule has 4 heteroatoms. The summed E-state index contributed by atoms with van der Waals surface area (Å²) in [6.45, 7) is 5.64. The van der Waals surface area contributed by atoms with Gasteiger partial charge in [-0.2, -0.15) is 0 Å². The Hall–Kier alpha value is -2.85. The molecule has 4 nitrogen and oxygen atoms in total. The van der Waals surface area contributed by atoms with Crippen molar-refractivity contribution in [1.82, 2.24) is 4.98 Å². The van der Waals surface area contributed by atoms with Gasteiger partial charge >= 0.3 is 0 Å². The minimum absolute atomic E-state index is 0.0677. The molecule has 0 spiro atoms. The Labute approximate surface area is 167 Å². The predicted octanol–water partition coefficient (Wildman–Crippen LogP) is 5.11. The molecule has 0 saturated heterocycles. The van der Waals surface area contributed by atoms with Gasteiger partial charge in [0.2, 0.25) is 0 Å². The zero-order chi connectivity index (χ0) is 19.8. The number of nitrogens with one attached hydrogen (secondary N) is 1. The third-order valence-electron chi connectivity index (χ3n) is 4.50. The first kappa shape index (κ1) is 19.9. The lowest BCUT2D eigenvalue weighted by Gasteiger charge is -2.15. The molecule has 3 rings (SSSR count). The number of anilines is 1. The molecule has 0 radical (unpaired) electrons. The first-order valence-corrected chi connectivity index (χ1v) is 9.83. The number of benzene rings is 2. The van der Waals surface area contributed by atoms with Crippen molar-refractivity contribution in [3.63, 3.8) is 0 Å². The Morgan fingerprint density at radius 1 is 0.964 bits per heavy atom. The zero-order valence-corrected chi connectivity index (χ0v) is 16.6. The number of ether oxygens (including phenoxy) is 1. The van der Waals surface area contributed by atoms with Gasteiger partial charge in [-0.1, -0.05) is 56.3 Å². The van der Waals surface area contributed by atoms with Crippen molar-refractivity contribution in [2.24, 2.45) is 11.7 Å². The summed E-state index contributed by atoms with van der Waals surface area (Å²) in [4.78, 5) is 4.42. The highest BCUT2D eigenvalue weighted by molar-refractivity contribution is 5.66. The Bertz CT molecular complexity index is 847. The van der Waals surface area contributed by atoms with Crippen molar-refractivity contribution in [1.29, 1.82) is 0 Å². The summed E-state index contributed by atoms with van der Waals surface area (Å²) < 4.78 is 5.82. The maximum Gasteiger partial charge on any atom is 0.126 e. The van der Waals surface area contributed by atoms with Gasteiger partial charge in [-0.05, 0) is 53.3 Å². The summed E-state index contributed by atoms with van der Waals surface area (Å²) in [5.41, 5.74) is 9.57. The number of pyridine rings is 1. The van der Waals surface area contributed by atoms with Crippen LogP contribution in [0, 0.1) is 5.92 Å². The van der Waals surface area contributed by atoms with Crippen molar-refractivity contribution < 1.29 is 4.74 Å². The molecule has 2 aromatic carbocycles. The SMILES string of the molecule is CC(C)C[C@H](N)COc1ccc(-c2ccnc(NCc3ccccc3)c2)cc1. The van der Waals surface area contributed by atoms with Crippen molar-refractivity contribution in [3.8, 4) is 16.9 Å². The Balaban J connectivity index is 1.59. The molecular formula is C24H29N3O. The van der Waals surface area contributed by atoms with Crippen LogP contribution >= 0.6 is 0 Å². The second kappa shape index (κ2) is 9.90. The predicted molar refractivity (Wildman–Crippen MR) is 116 cm³/mol. The molecule has 1 heterocycles. The van der Waals surface area contributed by atoms with Crippen LogP contribution in [0.2, 0.25) is 0 Å². The monoisotopic (exact) mass is 375 g/mol. The van der Waals surface area contributed by atoms with Gasteiger partial charge in [-0.3, -0.25) is 0 Å². The van der Waals surface area contributed by atoms with Gasteiger partial charge in [0.1, 0.15) is 18.2 Å². The molecular weight excluding hydrogens is 346 g/mol. The van der Waals surface area contributed by atoms with Crippen LogP contribution in [0.1, 0.15) is 25.8 Å². The lowest BCUT2D eigenvalue weighted by atomic mass is 10.1. The average Bonchev–Trinajstić information content (AvgIpc) is 2.72. The van der Waals surface area contributed by atoms with Crippen LogP contribution in [-0.4, -0.2) is 17.6 Å². The maximum atomic E-state index is 6.09. The number of aromatic nitrogens is 1. The van der Waals surface area contributed by atoms with Gasteiger partial charge in [0.05, 0.1) is 0 Å². The normalized spacial score (nSPS) is 12.0. The molecule has 146 valence electrons. The fourth-order valence-corrected chi connectivity index (χ4v) is 3.12. The summed E-state index contributed by atoms with van der Waals surface area (Å²) in [6.07, 6.45) is 2.80. The topological polar surface area (TPSA) is 60.2 Å². The van der Waals surface area contributed by atoms with Crippen LogP contribution in [0.3, 0.4) is 0 Å². The van der Waals surface area contributed by atoms with Crippen LogP contribution in [0.15, 0.2) is 72.9 Å². The third kappa shape index (κ3) is 6.10. The minimum Gasteiger partial charge on any atom is -0.492 e. The first-order valence-electron chi connectivity index (χ1n) is 9.83. The largest absolute Gasteiger partial charge is 0.492 e. The van der Waals surface area contributed by atoms with E-state index in [1.54, 1.807) is 0 Å². The fraction of sp³-hybridized carbons (Fsp3) is 0.292. The highest BCUT2D eigenvalue weighted by atomic mass is 16.5. The highest BCUT2D eigenvalue weighted by Gasteiger charge is 2.07. The van der Waals surface area contributed by atoms with Gasteiger partial charge in [-0.25, -0.2) is 4.98 Å². The van der Waals surface area contributed by atoms with E-state index < -0.39 is 0 Å². The van der Waals surface area contributed by atoms with Crippen molar-refractivity contribution >= 4 is 5.82 Å². The fourth-order valence-electron chi connectivity index (χ4n) is 3.12. The summed E-state index contributed by atoms with van der Waals surface area (Å²) in [7, 11) is 0. The number of nitrogens with zero attached hydrogens (tertiary/aromatic N) is 1. The summed E-state index contributed by atoms with van der Waals surface area (Å²) in [5, 5.41) is 3.38. The van der Waals surface area contributed by atoms with Gasteiger partial charge < -0.3 is 15.8 Å². The standard InChI is InChI=1S/C24H29N3O/c1-18(2)14-22(25)17-28-23-10-8-20(9-11-23)21-12-13-26-24(15-21)27-16-19-6-4-3-5-7-19/h3-13,15,18,22H,14,16-17,25H2,1-2H3,(H,26,27)/t22-/m0/s1. The van der Waals surface area contributed by atoms with E-state index >= 15 is 0 Å². The van der Waals surface area contributed by atoms with Crippen LogP contribution < -0.4 is 15.8 Å². The van der Waals surface area contributed by atoms with Crippen molar-refractivity contribution in [3.05, 3.63) is 78.5 Å². The Morgan fingerprint density at radius 2 is 1.71 bits per heavy atom. The van der Waals surface area contributed by atoms with E-state index in [0.29, 0.717) is 12.5 Å². The van der Waals surface area contributed by atoms with E-state index in [4.69, 9.17) is 10.5 Å². The van der Waals surface area contributed by atoms with Gasteiger partial charge in [-0.15, -0.1) is 0 Å². The number of nitrogens with two attached hydrogens (primary N) is 1. The van der Waals surface area contributed by atoms with E-state index in [1.165, 1.54) is 5.56 Å². The Morgan fingerprint density at radius 3 is 2.43 bits per heavy atom. The first-order chi connectivity index (χ1) is 13.6. The van der Waals surface area contributed by atoms with Crippen LogP contribution in [-0.2, 0) is 6.54 Å². The van der Waals surface area contributed by atoms with Crippen molar-refractivity contribution in [2.45, 2.75) is 32.9 Å². The lowest BCUT2D eigenvalue weighted by molar-refractivity contribution is 0.271. The Kier molecular flexibility index (Phi) is 7.04. The summed E-state index contributed by atoms with van der Waals surface area (Å²) >= 11 is 0. The second-order valence-corrected chi connectivity index (χ2v) is 7.49. The molecule has 0 bridgehead atoms. The molecule has 0 fully saturated rings. The second-order valence-electron chi connectivity index (χ2n) is 7.49. The molecule has 3 N–H and O–H groups in total. The third-order valence-corrected chi connectivity index (χ3v) is 4.50. The summed E-state index contributed by atoms with van der Waals surface area (Å²) in [6, 6.07) is 22.6. The average molecular weight is 376 g/mol. The molecule has 28 heavy (non-hydrogen) atoms. The quantitative estimate of drug-likeness (QED) is 0.545. The zero-order valence-electron chi connectivity index (χ0n) is 16.6. The highest BCUT2D eigenvalue weighted by Crippen LogP contribution is 2.24. The summed E-state index contributed by atoms with van der Waals surface area (Å²) in [5.74, 6) is 2.29. The van der Waals surface area contributed by atoms with Crippen LogP contribution in [0.25, 0.3) is 11.1 Å². The molecule has 1 atom stereocenters. The van der Waals surface area contributed by atoms with E-state index in [9.17, 15) is 0 Å². The van der Waals surface area contributed by atoms with E-state index in [-0.39, 0.29) is 6.04 Å². The van der Waals surface area contributed by atoms with Gasteiger partial charge in [0, 0.05) is 18.8 Å². The molecule has 0 amide bonds. The van der Waals surface area contributed by atoms with E-state index in [0.717, 1.165) is 35.7 Å². The van der Waals surface area contributed by atoms with Crippen LogP contribution in [0.5, 0.6) is 5.75 Å². The molecule has 3 aromatic rings. The number of rotatable bonds is 9. The minimum atomic E-state index is 0.0677. The lowest BCUT2D eigenvalue weighted by Crippen LogP contribution is -2.29. The smallest absolute Gasteiger partial charge is 0.126 e. The number of hydrogen-bond donors (Lipinski definition) is 2. The molecule has 0 aliphatic rings. The van der Waals surface area contributed by atoms with E-state index in [1.807, 2.05) is 42.6 Å². The molecule has 1 aromatic heterocycles. The molecule has 0 aliphatic carbocycles. The van der Waals surface area contributed by atoms with Crippen molar-refractivity contribution in [2.75, 3.05) is 11.9 Å². The molecule has 0 saturated carbocycles. The van der Waals surface area contributed by atoms with E-state index in [2.05, 4.69) is 54.5 Å². The van der Waals surface area contributed by atoms with Gasteiger partial charge in [0.15, 0.2) is 0 Å². The number of hydrogen-bond acceptors (Lipinski definition) is 4.